The molecular formula is C41H74N2O7P+. The summed E-state index contributed by atoms with van der Waals surface area (Å²) in [6, 6.07) is -0.907. The molecule has 294 valence electrons. The molecule has 0 fully saturated rings. The van der Waals surface area contributed by atoms with E-state index in [0.717, 1.165) is 64.2 Å². The molecule has 0 bridgehead atoms. The van der Waals surface area contributed by atoms with E-state index in [4.69, 9.17) is 9.05 Å². The van der Waals surface area contributed by atoms with Gasteiger partial charge >= 0.3 is 7.82 Å². The Morgan fingerprint density at radius 3 is 2.06 bits per heavy atom. The van der Waals surface area contributed by atoms with Gasteiger partial charge in [0.05, 0.1) is 46.0 Å². The van der Waals surface area contributed by atoms with Gasteiger partial charge in [-0.2, -0.15) is 0 Å². The van der Waals surface area contributed by atoms with Gasteiger partial charge in [-0.1, -0.05) is 132 Å². The summed E-state index contributed by atoms with van der Waals surface area (Å²) < 4.78 is 23.4. The zero-order valence-corrected chi connectivity index (χ0v) is 33.6. The molecule has 1 unspecified atom stereocenters. The Labute approximate surface area is 311 Å². The van der Waals surface area contributed by atoms with E-state index < -0.39 is 20.0 Å². The molecule has 4 atom stereocenters. The highest BCUT2D eigenvalue weighted by atomic mass is 31.2. The number of amides is 1. The monoisotopic (exact) mass is 738 g/mol. The molecule has 0 saturated heterocycles. The van der Waals surface area contributed by atoms with Crippen LogP contribution in [0.1, 0.15) is 123 Å². The van der Waals surface area contributed by atoms with Crippen LogP contribution in [0, 0.1) is 0 Å². The van der Waals surface area contributed by atoms with Crippen LogP contribution in [0.3, 0.4) is 0 Å². The fourth-order valence-corrected chi connectivity index (χ4v) is 5.54. The maximum Gasteiger partial charge on any atom is 0.472 e. The van der Waals surface area contributed by atoms with Crippen LogP contribution in [0.25, 0.3) is 0 Å². The number of unbranched alkanes of at least 4 members (excludes halogenated alkanes) is 9. The van der Waals surface area contributed by atoms with Gasteiger partial charge in [0.15, 0.2) is 0 Å². The van der Waals surface area contributed by atoms with Crippen LogP contribution in [-0.4, -0.2) is 84.6 Å². The van der Waals surface area contributed by atoms with Gasteiger partial charge < -0.3 is 24.9 Å². The van der Waals surface area contributed by atoms with E-state index in [-0.39, 0.29) is 31.6 Å². The second kappa shape index (κ2) is 32.5. The first kappa shape index (κ1) is 48.9. The van der Waals surface area contributed by atoms with Crippen molar-refractivity contribution in [1.82, 2.24) is 5.32 Å². The van der Waals surface area contributed by atoms with Gasteiger partial charge in [0.25, 0.3) is 0 Å². The van der Waals surface area contributed by atoms with E-state index in [0.29, 0.717) is 17.4 Å². The predicted molar refractivity (Wildman–Crippen MR) is 213 cm³/mol. The summed E-state index contributed by atoms with van der Waals surface area (Å²) in [7, 11) is 1.47. The van der Waals surface area contributed by atoms with Gasteiger partial charge in [-0.15, -0.1) is 0 Å². The average Bonchev–Trinajstić information content (AvgIpc) is 3.06. The minimum Gasteiger partial charge on any atom is -0.389 e. The number of nitrogens with zero attached hydrogens (tertiary/aromatic N) is 1. The lowest BCUT2D eigenvalue weighted by molar-refractivity contribution is -0.870. The van der Waals surface area contributed by atoms with Gasteiger partial charge in [-0.05, 0) is 57.8 Å². The number of rotatable bonds is 33. The molecule has 0 heterocycles. The minimum atomic E-state index is -4.37. The van der Waals surface area contributed by atoms with E-state index in [1.54, 1.807) is 6.08 Å². The van der Waals surface area contributed by atoms with Crippen molar-refractivity contribution >= 4 is 13.7 Å². The normalized spacial score (nSPS) is 16.0. The van der Waals surface area contributed by atoms with Gasteiger partial charge in [0.1, 0.15) is 13.2 Å². The number of phosphoric acid groups is 1. The second-order valence-electron chi connectivity index (χ2n) is 14.1. The first-order valence-corrected chi connectivity index (χ1v) is 20.9. The summed E-state index contributed by atoms with van der Waals surface area (Å²) in [4.78, 5) is 23.0. The van der Waals surface area contributed by atoms with Crippen LogP contribution in [-0.2, 0) is 18.4 Å². The molecular weight excluding hydrogens is 663 g/mol. The molecule has 1 amide bonds. The number of carbonyl (C=O) groups is 1. The molecule has 9 nitrogen and oxygen atoms in total. The van der Waals surface area contributed by atoms with Crippen LogP contribution in [0.5, 0.6) is 0 Å². The number of likely N-dealkylation sites (N-methyl/N-ethyl adjacent to an activating group) is 1. The van der Waals surface area contributed by atoms with Crippen molar-refractivity contribution in [2.45, 2.75) is 141 Å². The molecule has 4 N–H and O–H groups in total. The van der Waals surface area contributed by atoms with E-state index in [9.17, 15) is 24.5 Å². The molecule has 0 aromatic heterocycles. The number of allylic oxidation sites excluding steroid dienone is 10. The topological polar surface area (TPSA) is 125 Å². The smallest absolute Gasteiger partial charge is 0.389 e. The summed E-state index contributed by atoms with van der Waals surface area (Å²) in [6.45, 7) is 4.55. The molecule has 0 saturated carbocycles. The zero-order chi connectivity index (χ0) is 38.1. The molecule has 0 aromatic carbocycles. The number of phosphoric ester groups is 1. The number of aliphatic hydroxyl groups excluding tert-OH is 2. The van der Waals surface area contributed by atoms with Gasteiger partial charge in [0.2, 0.25) is 5.91 Å². The third kappa shape index (κ3) is 34.7. The number of aliphatic hydroxyl groups is 2. The third-order valence-corrected chi connectivity index (χ3v) is 8.99. The minimum absolute atomic E-state index is 0.0338. The lowest BCUT2D eigenvalue weighted by Crippen LogP contribution is -2.45. The number of nitrogens with one attached hydrogen (secondary N) is 1. The van der Waals surface area contributed by atoms with Crippen molar-refractivity contribution in [2.75, 3.05) is 40.9 Å². The van der Waals surface area contributed by atoms with E-state index in [1.807, 2.05) is 57.6 Å². The summed E-state index contributed by atoms with van der Waals surface area (Å²) in [5, 5.41) is 23.5. The Hall–Kier alpha value is -2.10. The Balaban J connectivity index is 4.71. The lowest BCUT2D eigenvalue weighted by atomic mass is 10.1. The Morgan fingerprint density at radius 2 is 1.33 bits per heavy atom. The van der Waals surface area contributed by atoms with Crippen molar-refractivity contribution < 1.29 is 38.0 Å². The fraction of sp³-hybridized carbons (Fsp3) is 0.683. The molecule has 0 spiro atoms. The van der Waals surface area contributed by atoms with Crippen LogP contribution < -0.4 is 5.32 Å². The van der Waals surface area contributed by atoms with Crippen molar-refractivity contribution in [3.63, 3.8) is 0 Å². The van der Waals surface area contributed by atoms with E-state index in [2.05, 4.69) is 49.5 Å². The average molecular weight is 738 g/mol. The Morgan fingerprint density at radius 1 is 0.725 bits per heavy atom. The zero-order valence-electron chi connectivity index (χ0n) is 32.7. The highest BCUT2D eigenvalue weighted by molar-refractivity contribution is 7.47. The van der Waals surface area contributed by atoms with Crippen molar-refractivity contribution in [3.8, 4) is 0 Å². The van der Waals surface area contributed by atoms with Gasteiger partial charge in [-0.3, -0.25) is 13.8 Å². The van der Waals surface area contributed by atoms with Crippen LogP contribution >= 0.6 is 7.82 Å². The van der Waals surface area contributed by atoms with Crippen LogP contribution in [0.4, 0.5) is 0 Å². The quantitative estimate of drug-likeness (QED) is 0.0174. The lowest BCUT2D eigenvalue weighted by Gasteiger charge is -2.25. The molecule has 0 aliphatic rings. The third-order valence-electron chi connectivity index (χ3n) is 8.00. The first-order chi connectivity index (χ1) is 24.4. The molecule has 0 aromatic rings. The number of hydrogen-bond acceptors (Lipinski definition) is 6. The first-order valence-electron chi connectivity index (χ1n) is 19.4. The summed E-state index contributed by atoms with van der Waals surface area (Å²) in [6.07, 6.45) is 38.8. The van der Waals surface area contributed by atoms with Crippen LogP contribution in [0.2, 0.25) is 0 Å². The molecule has 51 heavy (non-hydrogen) atoms. The number of carbonyl (C=O) groups excluding carboxylic acids is 1. The molecule has 0 aliphatic heterocycles. The largest absolute Gasteiger partial charge is 0.472 e. The van der Waals surface area contributed by atoms with E-state index in [1.165, 1.54) is 32.1 Å². The predicted octanol–water partition coefficient (Wildman–Crippen LogP) is 9.04. The standard InChI is InChI=1S/C41H73N2O7P/c1-6-8-10-11-12-13-15-19-22-25-29-33-40(45)39(37-50-51(47,48)49-36-35-43(3,4)5)42-41(46)34-30-26-23-20-17-14-16-18-21-24-28-32-38(44)31-27-9-7-2/h14-16,19-21,23-24,28-29,32-33,38-40,44-45H,6-13,17-18,22,25-27,30-31,34-37H2,1-5H3,(H-,42,46,47,48)/p+1/b16-14-,19-15-,23-20-,24-21-,32-28+,33-29+/t38-,39-,40+/m0/s1. The van der Waals surface area contributed by atoms with Crippen molar-refractivity contribution in [1.29, 1.82) is 0 Å². The second-order valence-corrected chi connectivity index (χ2v) is 15.6. The summed E-state index contributed by atoms with van der Waals surface area (Å²) in [5.41, 5.74) is 0. The van der Waals surface area contributed by atoms with Crippen molar-refractivity contribution in [3.05, 3.63) is 72.9 Å². The molecule has 10 heteroatoms. The summed E-state index contributed by atoms with van der Waals surface area (Å²) in [5.74, 6) is -0.265. The highest BCUT2D eigenvalue weighted by Gasteiger charge is 2.27. The van der Waals surface area contributed by atoms with Crippen LogP contribution in [0.15, 0.2) is 72.9 Å². The maximum absolute atomic E-state index is 12.8. The number of quaternary nitrogens is 1. The summed E-state index contributed by atoms with van der Waals surface area (Å²) >= 11 is 0. The highest BCUT2D eigenvalue weighted by Crippen LogP contribution is 2.43. The molecule has 0 radical (unpaired) electrons. The maximum atomic E-state index is 12.8. The van der Waals surface area contributed by atoms with Crippen molar-refractivity contribution in [2.24, 2.45) is 0 Å². The number of hydrogen-bond donors (Lipinski definition) is 4. The van der Waals surface area contributed by atoms with Gasteiger partial charge in [-0.25, -0.2) is 4.57 Å². The Kier molecular flexibility index (Phi) is 31.2. The fourth-order valence-electron chi connectivity index (χ4n) is 4.80. The van der Waals surface area contributed by atoms with E-state index >= 15 is 0 Å². The Bertz CT molecular complexity index is 1080. The molecule has 0 rings (SSSR count). The SMILES string of the molecule is CCCCCCC/C=C\CC/C=C/[C@@H](O)[C@H](COP(=O)(O)OCC[N+](C)(C)C)NC(=O)CCC/C=C\C/C=C\C/C=C\C=C\[C@@H](O)CCCCC. The molecule has 0 aliphatic carbocycles. The van der Waals surface area contributed by atoms with Gasteiger partial charge in [0, 0.05) is 6.42 Å².